The zero-order chi connectivity index (χ0) is 28.3. The molecule has 0 aliphatic carbocycles. The first-order valence-corrected chi connectivity index (χ1v) is 12.7. The van der Waals surface area contributed by atoms with Crippen molar-refractivity contribution in [3.05, 3.63) is 63.7 Å². The number of carbonyl (C=O) groups is 2. The van der Waals surface area contributed by atoms with E-state index in [4.69, 9.17) is 15.2 Å². The van der Waals surface area contributed by atoms with E-state index < -0.39 is 29.8 Å². The monoisotopic (exact) mass is 516 g/mol. The number of benzene rings is 2. The number of hydrogen-bond acceptors (Lipinski definition) is 6. The molecule has 0 saturated carbocycles. The van der Waals surface area contributed by atoms with Crippen molar-refractivity contribution in [1.29, 1.82) is 0 Å². The van der Waals surface area contributed by atoms with Crippen molar-refractivity contribution in [3.8, 4) is 5.75 Å². The molecule has 0 bridgehead atoms. The maximum atomic E-state index is 12.1. The minimum Gasteiger partial charge on any atom is -0.491 e. The van der Waals surface area contributed by atoms with Crippen LogP contribution in [0.25, 0.3) is 0 Å². The van der Waals surface area contributed by atoms with Gasteiger partial charge in [0.1, 0.15) is 30.1 Å². The smallest absolute Gasteiger partial charge is 0.408 e. The summed E-state index contributed by atoms with van der Waals surface area (Å²) in [7, 11) is 0. The van der Waals surface area contributed by atoms with E-state index in [2.05, 4.69) is 11.4 Å². The molecule has 0 aliphatic heterocycles. The van der Waals surface area contributed by atoms with Gasteiger partial charge in [-0.1, -0.05) is 38.1 Å². The maximum absolute atomic E-state index is 12.1. The number of carboxylic acids is 1. The Kier molecular flexibility index (Phi) is 12.6. The van der Waals surface area contributed by atoms with Crippen LogP contribution in [0.2, 0.25) is 0 Å². The summed E-state index contributed by atoms with van der Waals surface area (Å²) in [6.45, 7) is 15.4. The van der Waals surface area contributed by atoms with Crippen LogP contribution in [0, 0.1) is 20.8 Å². The topological polar surface area (TPSA) is 131 Å². The van der Waals surface area contributed by atoms with Gasteiger partial charge in [-0.05, 0) is 87.4 Å². The van der Waals surface area contributed by atoms with Gasteiger partial charge in [-0.15, -0.1) is 0 Å². The normalized spacial score (nSPS) is 12.6. The van der Waals surface area contributed by atoms with Crippen LogP contribution >= 0.6 is 0 Å². The third-order valence-electron chi connectivity index (χ3n) is 5.51. The fourth-order valence-electron chi connectivity index (χ4n) is 3.81. The van der Waals surface area contributed by atoms with Crippen LogP contribution in [0.15, 0.2) is 30.3 Å². The van der Waals surface area contributed by atoms with Crippen LogP contribution in [0.1, 0.15) is 68.0 Å². The molecule has 5 N–H and O–H groups in total. The SMILES string of the molecule is CC.Cc1cc(Cc2c(C)cc(CC(NC(=O)OC(C)(C)C)C(=O)O)cc2C)ccc1OCC(O)CN. The maximum Gasteiger partial charge on any atom is 0.408 e. The number of aliphatic carboxylic acids is 1. The van der Waals surface area contributed by atoms with E-state index in [1.54, 1.807) is 20.8 Å². The summed E-state index contributed by atoms with van der Waals surface area (Å²) >= 11 is 0. The standard InChI is InChI=1S/C27H38N2O6.C2H6/c1-16-9-20(13-23(25(31)32)29-26(33)35-27(4,5)6)10-17(2)22(16)12-19-7-8-24(18(3)11-19)34-15-21(30)14-28;1-2/h7-11,21,23,30H,12-15,28H2,1-6H3,(H,29,33)(H,31,32);1-2H3. The number of alkyl carbamates (subject to hydrolysis) is 1. The first kappa shape index (κ1) is 31.9. The van der Waals surface area contributed by atoms with Gasteiger partial charge in [0.25, 0.3) is 0 Å². The first-order valence-electron chi connectivity index (χ1n) is 12.7. The van der Waals surface area contributed by atoms with Crippen LogP contribution in [0.5, 0.6) is 5.75 Å². The van der Waals surface area contributed by atoms with Crippen LogP contribution < -0.4 is 15.8 Å². The lowest BCUT2D eigenvalue weighted by Gasteiger charge is -2.22. The lowest BCUT2D eigenvalue weighted by atomic mass is 9.91. The van der Waals surface area contributed by atoms with Crippen molar-refractivity contribution in [3.63, 3.8) is 0 Å². The van der Waals surface area contributed by atoms with Crippen molar-refractivity contribution in [2.24, 2.45) is 5.73 Å². The molecule has 2 unspecified atom stereocenters. The molecule has 0 aromatic heterocycles. The predicted octanol–water partition coefficient (Wildman–Crippen LogP) is 4.45. The zero-order valence-corrected chi connectivity index (χ0v) is 23.5. The van der Waals surface area contributed by atoms with Gasteiger partial charge in [-0.3, -0.25) is 0 Å². The number of hydrogen-bond donors (Lipinski definition) is 4. The summed E-state index contributed by atoms with van der Waals surface area (Å²) in [5.41, 5.74) is 10.9. The third-order valence-corrected chi connectivity index (χ3v) is 5.51. The molecule has 0 spiro atoms. The number of aliphatic hydroxyl groups excluding tert-OH is 1. The number of carbonyl (C=O) groups excluding carboxylic acids is 1. The quantitative estimate of drug-likeness (QED) is 0.367. The summed E-state index contributed by atoms with van der Waals surface area (Å²) in [6.07, 6.45) is -0.590. The van der Waals surface area contributed by atoms with Crippen molar-refractivity contribution in [2.45, 2.75) is 86.0 Å². The Balaban J connectivity index is 0.00000334. The van der Waals surface area contributed by atoms with Gasteiger partial charge in [-0.25, -0.2) is 9.59 Å². The molecule has 0 radical (unpaired) electrons. The van der Waals surface area contributed by atoms with Gasteiger partial charge < -0.3 is 30.7 Å². The number of ether oxygens (including phenoxy) is 2. The van der Waals surface area contributed by atoms with Crippen LogP contribution in [-0.2, 0) is 22.4 Å². The molecular formula is C29H44N2O6. The summed E-state index contributed by atoms with van der Waals surface area (Å²) in [4.78, 5) is 23.8. The van der Waals surface area contributed by atoms with E-state index in [-0.39, 0.29) is 19.6 Å². The average molecular weight is 517 g/mol. The Morgan fingerprint density at radius 1 is 1.00 bits per heavy atom. The molecule has 0 saturated heterocycles. The van der Waals surface area contributed by atoms with Crippen molar-refractivity contribution < 1.29 is 29.3 Å². The number of nitrogens with two attached hydrogens (primary N) is 1. The highest BCUT2D eigenvalue weighted by Gasteiger charge is 2.24. The molecule has 0 fully saturated rings. The highest BCUT2D eigenvalue weighted by atomic mass is 16.6. The molecule has 8 nitrogen and oxygen atoms in total. The van der Waals surface area contributed by atoms with Gasteiger partial charge >= 0.3 is 12.1 Å². The fourth-order valence-corrected chi connectivity index (χ4v) is 3.81. The molecule has 2 atom stereocenters. The number of nitrogens with one attached hydrogen (secondary N) is 1. The summed E-state index contributed by atoms with van der Waals surface area (Å²) in [6, 6.07) is 8.79. The molecule has 37 heavy (non-hydrogen) atoms. The third kappa shape index (κ3) is 10.8. The Bertz CT molecular complexity index is 1020. The second-order valence-electron chi connectivity index (χ2n) is 9.93. The van der Waals surface area contributed by atoms with E-state index >= 15 is 0 Å². The molecule has 2 rings (SSSR count). The molecule has 2 aromatic rings. The lowest BCUT2D eigenvalue weighted by Crippen LogP contribution is -2.44. The molecule has 206 valence electrons. The highest BCUT2D eigenvalue weighted by molar-refractivity contribution is 5.80. The van der Waals surface area contributed by atoms with Gasteiger partial charge in [0.2, 0.25) is 0 Å². The molecule has 0 heterocycles. The molecule has 2 aromatic carbocycles. The molecule has 0 aliphatic rings. The molecular weight excluding hydrogens is 472 g/mol. The summed E-state index contributed by atoms with van der Waals surface area (Å²) in [5, 5.41) is 21.7. The van der Waals surface area contributed by atoms with E-state index in [9.17, 15) is 19.8 Å². The Morgan fingerprint density at radius 2 is 1.57 bits per heavy atom. The number of aryl methyl sites for hydroxylation is 3. The molecule has 1 amide bonds. The first-order chi connectivity index (χ1) is 17.3. The Labute approximate surface area is 221 Å². The highest BCUT2D eigenvalue weighted by Crippen LogP contribution is 2.25. The van der Waals surface area contributed by atoms with Crippen LogP contribution in [0.3, 0.4) is 0 Å². The summed E-state index contributed by atoms with van der Waals surface area (Å²) < 4.78 is 10.9. The van der Waals surface area contributed by atoms with Crippen molar-refractivity contribution in [2.75, 3.05) is 13.2 Å². The number of aliphatic hydroxyl groups is 1. The number of carboxylic acid groups (broad SMARTS) is 1. The number of amides is 1. The Morgan fingerprint density at radius 3 is 2.05 bits per heavy atom. The van der Waals surface area contributed by atoms with Crippen LogP contribution in [0.4, 0.5) is 4.79 Å². The van der Waals surface area contributed by atoms with Gasteiger partial charge in [0, 0.05) is 13.0 Å². The van der Waals surface area contributed by atoms with Crippen LogP contribution in [-0.4, -0.2) is 53.2 Å². The fraction of sp³-hybridized carbons (Fsp3) is 0.517. The van der Waals surface area contributed by atoms with Gasteiger partial charge in [0.05, 0.1) is 0 Å². The van der Waals surface area contributed by atoms with Gasteiger partial charge in [0.15, 0.2) is 0 Å². The van der Waals surface area contributed by atoms with Crippen molar-refractivity contribution >= 4 is 12.1 Å². The second-order valence-corrected chi connectivity index (χ2v) is 9.93. The molecule has 8 heteroatoms. The average Bonchev–Trinajstić information content (AvgIpc) is 2.80. The van der Waals surface area contributed by atoms with E-state index in [1.165, 1.54) is 0 Å². The lowest BCUT2D eigenvalue weighted by molar-refractivity contribution is -0.139. The minimum atomic E-state index is -1.12. The van der Waals surface area contributed by atoms with Crippen molar-refractivity contribution in [1.82, 2.24) is 5.32 Å². The largest absolute Gasteiger partial charge is 0.491 e. The van der Waals surface area contributed by atoms with E-state index in [1.807, 2.05) is 58.9 Å². The van der Waals surface area contributed by atoms with Gasteiger partial charge in [-0.2, -0.15) is 0 Å². The van der Waals surface area contributed by atoms with E-state index in [0.29, 0.717) is 12.2 Å². The van der Waals surface area contributed by atoms with E-state index in [0.717, 1.165) is 33.4 Å². The summed E-state index contributed by atoms with van der Waals surface area (Å²) in [5.74, 6) is -0.408. The zero-order valence-electron chi connectivity index (χ0n) is 23.5. The second kappa shape index (κ2) is 14.6. The number of rotatable bonds is 10. The predicted molar refractivity (Wildman–Crippen MR) is 146 cm³/mol. The minimum absolute atomic E-state index is 0.149. The Hall–Kier alpha value is -3.10.